The van der Waals surface area contributed by atoms with Crippen LogP contribution >= 0.6 is 0 Å². The first-order valence-corrected chi connectivity index (χ1v) is 6.88. The maximum atomic E-state index is 11.9. The summed E-state index contributed by atoms with van der Waals surface area (Å²) in [5.41, 5.74) is 5.07. The fraction of sp³-hybridized carbons (Fsp3) is 0.571. The highest BCUT2D eigenvalue weighted by molar-refractivity contribution is 5.95. The molecule has 0 aromatic carbocycles. The van der Waals surface area contributed by atoms with Crippen molar-refractivity contribution in [1.82, 2.24) is 5.32 Å². The van der Waals surface area contributed by atoms with Crippen LogP contribution in [0.5, 0.6) is 0 Å². The number of amides is 2. The lowest BCUT2D eigenvalue weighted by Crippen LogP contribution is -2.33. The normalized spacial score (nSPS) is 19.8. The number of carbonyl (C=O) groups is 2. The van der Waals surface area contributed by atoms with Gasteiger partial charge < -0.3 is 20.2 Å². The fourth-order valence-electron chi connectivity index (χ4n) is 2.27. The summed E-state index contributed by atoms with van der Waals surface area (Å²) in [4.78, 5) is 22.8. The maximum absolute atomic E-state index is 11.9. The summed E-state index contributed by atoms with van der Waals surface area (Å²) >= 11 is 0. The average Bonchev–Trinajstić information content (AvgIpc) is 3.07. The fourth-order valence-corrected chi connectivity index (χ4v) is 2.27. The van der Waals surface area contributed by atoms with Crippen LogP contribution in [0.1, 0.15) is 53.7 Å². The first kappa shape index (κ1) is 14.6. The molecule has 1 aromatic rings. The van der Waals surface area contributed by atoms with Gasteiger partial charge in [0, 0.05) is 12.6 Å². The van der Waals surface area contributed by atoms with Gasteiger partial charge in [-0.1, -0.05) is 0 Å². The van der Waals surface area contributed by atoms with Gasteiger partial charge in [0.2, 0.25) is 0 Å². The molecule has 1 fully saturated rings. The van der Waals surface area contributed by atoms with E-state index in [0.29, 0.717) is 6.10 Å². The Morgan fingerprint density at radius 1 is 1.45 bits per heavy atom. The first-order chi connectivity index (χ1) is 9.56. The Morgan fingerprint density at radius 2 is 2.20 bits per heavy atom. The summed E-state index contributed by atoms with van der Waals surface area (Å²) in [6.07, 6.45) is 4.32. The lowest BCUT2D eigenvalue weighted by Gasteiger charge is -2.15. The zero-order chi connectivity index (χ0) is 14.5. The summed E-state index contributed by atoms with van der Waals surface area (Å²) in [5.74, 6) is -0.933. The molecule has 0 spiro atoms. The summed E-state index contributed by atoms with van der Waals surface area (Å²) in [6, 6.07) is 2.87. The molecule has 0 aliphatic carbocycles. The van der Waals surface area contributed by atoms with Crippen LogP contribution in [0, 0.1) is 0 Å². The molecule has 3 N–H and O–H groups in total. The minimum Gasteiger partial charge on any atom is -0.446 e. The largest absolute Gasteiger partial charge is 0.446 e. The third-order valence-corrected chi connectivity index (χ3v) is 3.40. The SMILES string of the molecule is CC(CCC1CCCO1)NC(=O)c1ccc(C(N)=O)o1. The quantitative estimate of drug-likeness (QED) is 0.824. The van der Waals surface area contributed by atoms with E-state index in [2.05, 4.69) is 5.32 Å². The molecule has 2 amide bonds. The van der Waals surface area contributed by atoms with Gasteiger partial charge in [-0.25, -0.2) is 0 Å². The molecule has 20 heavy (non-hydrogen) atoms. The molecule has 0 radical (unpaired) electrons. The molecule has 0 saturated carbocycles. The molecular weight excluding hydrogens is 260 g/mol. The third kappa shape index (κ3) is 3.84. The molecular formula is C14H20N2O4. The van der Waals surface area contributed by atoms with Gasteiger partial charge >= 0.3 is 0 Å². The van der Waals surface area contributed by atoms with E-state index in [0.717, 1.165) is 32.3 Å². The van der Waals surface area contributed by atoms with Gasteiger partial charge in [0.25, 0.3) is 11.8 Å². The molecule has 1 saturated heterocycles. The molecule has 1 aliphatic rings. The number of ether oxygens (including phenoxy) is 1. The van der Waals surface area contributed by atoms with Crippen molar-refractivity contribution in [2.45, 2.75) is 44.8 Å². The monoisotopic (exact) mass is 280 g/mol. The third-order valence-electron chi connectivity index (χ3n) is 3.40. The first-order valence-electron chi connectivity index (χ1n) is 6.88. The van der Waals surface area contributed by atoms with Crippen LogP contribution in [0.3, 0.4) is 0 Å². The minimum atomic E-state index is -0.685. The van der Waals surface area contributed by atoms with Crippen molar-refractivity contribution < 1.29 is 18.7 Å². The minimum absolute atomic E-state index is 0.0119. The van der Waals surface area contributed by atoms with E-state index in [1.165, 1.54) is 12.1 Å². The Morgan fingerprint density at radius 3 is 2.80 bits per heavy atom. The van der Waals surface area contributed by atoms with Gasteiger partial charge in [0.1, 0.15) is 0 Å². The van der Waals surface area contributed by atoms with Crippen molar-refractivity contribution in [1.29, 1.82) is 0 Å². The van der Waals surface area contributed by atoms with Gasteiger partial charge in [-0.3, -0.25) is 9.59 Å². The van der Waals surface area contributed by atoms with E-state index >= 15 is 0 Å². The Kier molecular flexibility index (Phi) is 4.79. The standard InChI is InChI=1S/C14H20N2O4/c1-9(4-5-10-3-2-8-19-10)16-14(18)12-7-6-11(20-12)13(15)17/h6-7,9-10H,2-5,8H2,1H3,(H2,15,17)(H,16,18). The Labute approximate surface area is 117 Å². The number of nitrogens with two attached hydrogens (primary N) is 1. The number of nitrogens with one attached hydrogen (secondary N) is 1. The van der Waals surface area contributed by atoms with E-state index in [1.54, 1.807) is 0 Å². The number of hydrogen-bond donors (Lipinski definition) is 2. The molecule has 0 bridgehead atoms. The highest BCUT2D eigenvalue weighted by atomic mass is 16.5. The van der Waals surface area contributed by atoms with Crippen LogP contribution in [0.25, 0.3) is 0 Å². The zero-order valence-corrected chi connectivity index (χ0v) is 11.6. The Hall–Kier alpha value is -1.82. The summed E-state index contributed by atoms with van der Waals surface area (Å²) in [6.45, 7) is 2.78. The average molecular weight is 280 g/mol. The zero-order valence-electron chi connectivity index (χ0n) is 11.6. The number of hydrogen-bond acceptors (Lipinski definition) is 4. The molecule has 1 aliphatic heterocycles. The Bertz CT molecular complexity index is 477. The van der Waals surface area contributed by atoms with Gasteiger partial charge in [-0.15, -0.1) is 0 Å². The van der Waals surface area contributed by atoms with Crippen LogP contribution in [0.4, 0.5) is 0 Å². The molecule has 1 aromatic heterocycles. The van der Waals surface area contributed by atoms with Crippen molar-refractivity contribution in [3.8, 4) is 0 Å². The van der Waals surface area contributed by atoms with E-state index in [9.17, 15) is 9.59 Å². The number of carbonyl (C=O) groups excluding carboxylic acids is 2. The summed E-state index contributed by atoms with van der Waals surface area (Å²) in [7, 11) is 0. The predicted molar refractivity (Wildman–Crippen MR) is 72.4 cm³/mol. The van der Waals surface area contributed by atoms with Crippen LogP contribution in [0.2, 0.25) is 0 Å². The van der Waals surface area contributed by atoms with Crippen LogP contribution in [-0.4, -0.2) is 30.6 Å². The molecule has 110 valence electrons. The van der Waals surface area contributed by atoms with Crippen molar-refractivity contribution in [3.63, 3.8) is 0 Å². The smallest absolute Gasteiger partial charge is 0.287 e. The highest BCUT2D eigenvalue weighted by Gasteiger charge is 2.19. The van der Waals surface area contributed by atoms with Crippen molar-refractivity contribution in [2.75, 3.05) is 6.61 Å². The van der Waals surface area contributed by atoms with Crippen LogP contribution in [0.15, 0.2) is 16.5 Å². The second-order valence-electron chi connectivity index (χ2n) is 5.12. The number of primary amides is 1. The molecule has 2 heterocycles. The molecule has 6 nitrogen and oxygen atoms in total. The molecule has 6 heteroatoms. The lowest BCUT2D eigenvalue weighted by atomic mass is 10.1. The second-order valence-corrected chi connectivity index (χ2v) is 5.12. The van der Waals surface area contributed by atoms with Crippen LogP contribution in [-0.2, 0) is 4.74 Å². The van der Waals surface area contributed by atoms with E-state index in [1.807, 2.05) is 6.92 Å². The van der Waals surface area contributed by atoms with E-state index in [-0.39, 0.29) is 23.5 Å². The van der Waals surface area contributed by atoms with Gasteiger partial charge in [0.15, 0.2) is 11.5 Å². The summed E-state index contributed by atoms with van der Waals surface area (Å²) in [5, 5.41) is 2.83. The van der Waals surface area contributed by atoms with Crippen LogP contribution < -0.4 is 11.1 Å². The lowest BCUT2D eigenvalue weighted by molar-refractivity contribution is 0.0872. The number of furan rings is 1. The van der Waals surface area contributed by atoms with E-state index < -0.39 is 5.91 Å². The molecule has 2 atom stereocenters. The van der Waals surface area contributed by atoms with Gasteiger partial charge in [0.05, 0.1) is 6.10 Å². The molecule has 2 rings (SSSR count). The predicted octanol–water partition coefficient (Wildman–Crippen LogP) is 1.46. The van der Waals surface area contributed by atoms with Gasteiger partial charge in [-0.2, -0.15) is 0 Å². The maximum Gasteiger partial charge on any atom is 0.287 e. The summed E-state index contributed by atoms with van der Waals surface area (Å²) < 4.78 is 10.6. The van der Waals surface area contributed by atoms with Gasteiger partial charge in [-0.05, 0) is 44.7 Å². The van der Waals surface area contributed by atoms with Crippen molar-refractivity contribution in [2.24, 2.45) is 5.73 Å². The number of rotatable bonds is 6. The Balaban J connectivity index is 1.78. The van der Waals surface area contributed by atoms with Crippen molar-refractivity contribution >= 4 is 11.8 Å². The highest BCUT2D eigenvalue weighted by Crippen LogP contribution is 2.17. The molecule has 2 unspecified atom stereocenters. The topological polar surface area (TPSA) is 94.6 Å². The van der Waals surface area contributed by atoms with Crippen molar-refractivity contribution in [3.05, 3.63) is 23.7 Å². The van der Waals surface area contributed by atoms with E-state index in [4.69, 9.17) is 14.9 Å². The second kappa shape index (κ2) is 6.56.